The molecule has 8 heteroatoms. The van der Waals surface area contributed by atoms with E-state index in [1.54, 1.807) is 31.4 Å². The Hall–Kier alpha value is -4.72. The van der Waals surface area contributed by atoms with Gasteiger partial charge in [-0.2, -0.15) is 0 Å². The lowest BCUT2D eigenvalue weighted by Crippen LogP contribution is -2.02. The highest BCUT2D eigenvalue weighted by atomic mass is 16.6. The maximum atomic E-state index is 12.2. The summed E-state index contributed by atoms with van der Waals surface area (Å²) in [6.07, 6.45) is 4.87. The van der Waals surface area contributed by atoms with Crippen LogP contribution in [0.1, 0.15) is 23.1 Å². The number of carbonyl (C=O) groups is 2. The molecule has 0 saturated heterocycles. The van der Waals surface area contributed by atoms with Gasteiger partial charge in [-0.05, 0) is 65.8 Å². The third kappa shape index (κ3) is 7.68. The van der Waals surface area contributed by atoms with E-state index in [-0.39, 0.29) is 30.0 Å². The third-order valence-corrected chi connectivity index (χ3v) is 4.91. The Kier molecular flexibility index (Phi) is 8.50. The molecule has 0 fully saturated rings. The fourth-order valence-electron chi connectivity index (χ4n) is 3.06. The van der Waals surface area contributed by atoms with Crippen molar-refractivity contribution in [3.05, 3.63) is 106 Å². The zero-order valence-corrected chi connectivity index (χ0v) is 18.9. The molecule has 0 aliphatic carbocycles. The Morgan fingerprint density at radius 2 is 1.54 bits per heavy atom. The summed E-state index contributed by atoms with van der Waals surface area (Å²) in [5.41, 5.74) is 1.57. The summed E-state index contributed by atoms with van der Waals surface area (Å²) in [7, 11) is 1.58. The number of benzene rings is 3. The van der Waals surface area contributed by atoms with Gasteiger partial charge >= 0.3 is 0 Å². The van der Waals surface area contributed by atoms with E-state index in [1.807, 2.05) is 12.1 Å². The lowest BCUT2D eigenvalue weighted by molar-refractivity contribution is -0.385. The van der Waals surface area contributed by atoms with E-state index in [2.05, 4.69) is 0 Å². The largest absolute Gasteiger partial charge is 0.508 e. The van der Waals surface area contributed by atoms with Crippen molar-refractivity contribution in [2.45, 2.75) is 13.0 Å². The standard InChI is InChI=1S/C27H23NO7/c1-34-25-12-5-20(6-13-25)18-35-26-14-15-27(28(32)33)21(16-26)7-11-24(31)17-23(30)10-4-19-2-8-22(29)9-3-19/h2-16,29H,17-18H2,1H3/b10-4+,11-7+. The minimum absolute atomic E-state index is 0.109. The minimum Gasteiger partial charge on any atom is -0.508 e. The molecule has 0 aliphatic rings. The van der Waals surface area contributed by atoms with Crippen molar-refractivity contribution in [1.82, 2.24) is 0 Å². The monoisotopic (exact) mass is 473 g/mol. The summed E-state index contributed by atoms with van der Waals surface area (Å²) in [6.45, 7) is 0.242. The van der Waals surface area contributed by atoms with E-state index >= 15 is 0 Å². The summed E-state index contributed by atoms with van der Waals surface area (Å²) in [5, 5.41) is 20.7. The van der Waals surface area contributed by atoms with Crippen molar-refractivity contribution in [2.24, 2.45) is 0 Å². The predicted octanol–water partition coefficient (Wildman–Crippen LogP) is 5.14. The Balaban J connectivity index is 1.64. The molecule has 0 spiro atoms. The molecule has 35 heavy (non-hydrogen) atoms. The van der Waals surface area contributed by atoms with Gasteiger partial charge in [0.15, 0.2) is 11.6 Å². The molecule has 8 nitrogen and oxygen atoms in total. The summed E-state index contributed by atoms with van der Waals surface area (Å²) < 4.78 is 10.9. The number of phenols is 1. The molecule has 0 atom stereocenters. The lowest BCUT2D eigenvalue weighted by atomic mass is 10.1. The number of hydrogen-bond donors (Lipinski definition) is 1. The van der Waals surface area contributed by atoms with Crippen LogP contribution in [0.15, 0.2) is 78.9 Å². The van der Waals surface area contributed by atoms with Gasteiger partial charge in [0, 0.05) is 6.07 Å². The normalized spacial score (nSPS) is 11.0. The Morgan fingerprint density at radius 1 is 0.914 bits per heavy atom. The fraction of sp³-hybridized carbons (Fsp3) is 0.111. The predicted molar refractivity (Wildman–Crippen MR) is 131 cm³/mol. The minimum atomic E-state index is -0.553. The van der Waals surface area contributed by atoms with Crippen molar-refractivity contribution in [1.29, 1.82) is 0 Å². The van der Waals surface area contributed by atoms with E-state index in [0.29, 0.717) is 11.3 Å². The van der Waals surface area contributed by atoms with E-state index in [0.717, 1.165) is 17.4 Å². The van der Waals surface area contributed by atoms with Crippen molar-refractivity contribution < 1.29 is 29.1 Å². The molecule has 0 aromatic heterocycles. The number of rotatable bonds is 11. The summed E-state index contributed by atoms with van der Waals surface area (Å²) >= 11 is 0. The van der Waals surface area contributed by atoms with Crippen LogP contribution >= 0.6 is 0 Å². The number of ether oxygens (including phenoxy) is 2. The Labute approximate surface area is 201 Å². The van der Waals surface area contributed by atoms with E-state index in [4.69, 9.17) is 9.47 Å². The molecule has 3 aromatic rings. The van der Waals surface area contributed by atoms with Gasteiger partial charge in [-0.25, -0.2) is 0 Å². The summed E-state index contributed by atoms with van der Waals surface area (Å²) in [5.74, 6) is 0.308. The first-order valence-corrected chi connectivity index (χ1v) is 10.6. The zero-order valence-electron chi connectivity index (χ0n) is 18.9. The SMILES string of the molecule is COc1ccc(COc2ccc([N+](=O)[O-])c(/C=C/C(=O)CC(=O)/C=C/c3ccc(O)cc3)c2)cc1. The van der Waals surface area contributed by atoms with Crippen LogP contribution in [0.4, 0.5) is 5.69 Å². The molecular formula is C27H23NO7. The highest BCUT2D eigenvalue weighted by Gasteiger charge is 2.13. The van der Waals surface area contributed by atoms with Gasteiger partial charge in [-0.3, -0.25) is 19.7 Å². The van der Waals surface area contributed by atoms with Gasteiger partial charge < -0.3 is 14.6 Å². The average Bonchev–Trinajstić information content (AvgIpc) is 2.86. The van der Waals surface area contributed by atoms with Crippen LogP contribution in [0.3, 0.4) is 0 Å². The average molecular weight is 473 g/mol. The molecule has 178 valence electrons. The van der Waals surface area contributed by atoms with E-state index < -0.39 is 16.5 Å². The maximum Gasteiger partial charge on any atom is 0.276 e. The van der Waals surface area contributed by atoms with Crippen LogP contribution in [-0.4, -0.2) is 28.7 Å². The quantitative estimate of drug-likeness (QED) is 0.177. The molecule has 0 saturated carbocycles. The van der Waals surface area contributed by atoms with Gasteiger partial charge in [0.05, 0.1) is 24.0 Å². The highest BCUT2D eigenvalue weighted by molar-refractivity contribution is 6.11. The molecular weight excluding hydrogens is 450 g/mol. The van der Waals surface area contributed by atoms with Crippen molar-refractivity contribution >= 4 is 29.4 Å². The van der Waals surface area contributed by atoms with Gasteiger partial charge in [0.1, 0.15) is 23.9 Å². The number of methoxy groups -OCH3 is 1. The van der Waals surface area contributed by atoms with Crippen LogP contribution in [0.5, 0.6) is 17.2 Å². The van der Waals surface area contributed by atoms with Crippen LogP contribution in [0, 0.1) is 10.1 Å². The van der Waals surface area contributed by atoms with Gasteiger partial charge in [0.25, 0.3) is 5.69 Å². The van der Waals surface area contributed by atoms with Crippen LogP contribution in [-0.2, 0) is 16.2 Å². The number of phenolic OH excluding ortho intramolecular Hbond substituents is 1. The van der Waals surface area contributed by atoms with Gasteiger partial charge in [-0.1, -0.05) is 30.3 Å². The molecule has 0 bridgehead atoms. The number of hydrogen-bond acceptors (Lipinski definition) is 7. The molecule has 1 N–H and O–H groups in total. The zero-order chi connectivity index (χ0) is 25.2. The van der Waals surface area contributed by atoms with Crippen molar-refractivity contribution in [2.75, 3.05) is 7.11 Å². The molecule has 0 amide bonds. The molecule has 0 unspecified atom stereocenters. The summed E-state index contributed by atoms with van der Waals surface area (Å²) in [4.78, 5) is 35.1. The van der Waals surface area contributed by atoms with Crippen LogP contribution in [0.25, 0.3) is 12.2 Å². The van der Waals surface area contributed by atoms with Crippen molar-refractivity contribution in [3.8, 4) is 17.2 Å². The Bertz CT molecular complexity index is 1260. The van der Waals surface area contributed by atoms with Crippen molar-refractivity contribution in [3.63, 3.8) is 0 Å². The molecule has 3 rings (SSSR count). The van der Waals surface area contributed by atoms with E-state index in [9.17, 15) is 24.8 Å². The first kappa shape index (κ1) is 24.9. The fourth-order valence-corrected chi connectivity index (χ4v) is 3.06. The molecule has 3 aromatic carbocycles. The number of nitro groups is 1. The number of carbonyl (C=O) groups excluding carboxylic acids is 2. The number of ketones is 2. The number of aromatic hydroxyl groups is 1. The van der Waals surface area contributed by atoms with Crippen LogP contribution in [0.2, 0.25) is 0 Å². The molecule has 0 aliphatic heterocycles. The number of nitro benzene ring substituents is 1. The third-order valence-electron chi connectivity index (χ3n) is 4.91. The lowest BCUT2D eigenvalue weighted by Gasteiger charge is -2.08. The van der Waals surface area contributed by atoms with Gasteiger partial charge in [0.2, 0.25) is 0 Å². The first-order chi connectivity index (χ1) is 16.8. The van der Waals surface area contributed by atoms with Gasteiger partial charge in [-0.15, -0.1) is 0 Å². The second kappa shape index (κ2) is 11.9. The Morgan fingerprint density at radius 3 is 2.17 bits per heavy atom. The number of allylic oxidation sites excluding steroid dienone is 2. The second-order valence-electron chi connectivity index (χ2n) is 7.48. The molecule has 0 radical (unpaired) electrons. The van der Waals surface area contributed by atoms with E-state index in [1.165, 1.54) is 48.6 Å². The molecule has 0 heterocycles. The topological polar surface area (TPSA) is 116 Å². The summed E-state index contributed by atoms with van der Waals surface area (Å²) in [6, 6.07) is 17.8. The van der Waals surface area contributed by atoms with Crippen LogP contribution < -0.4 is 9.47 Å². The smallest absolute Gasteiger partial charge is 0.276 e. The first-order valence-electron chi connectivity index (χ1n) is 10.6. The second-order valence-corrected chi connectivity index (χ2v) is 7.48. The number of nitrogens with zero attached hydrogens (tertiary/aromatic N) is 1. The highest BCUT2D eigenvalue weighted by Crippen LogP contribution is 2.26. The maximum absolute atomic E-state index is 12.2.